The van der Waals surface area contributed by atoms with Crippen LogP contribution in [0.25, 0.3) is 11.3 Å². The van der Waals surface area contributed by atoms with Crippen molar-refractivity contribution in [2.45, 2.75) is 19.2 Å². The summed E-state index contributed by atoms with van der Waals surface area (Å²) in [6.45, 7) is 0.812. The number of nitrogens with zero attached hydrogens (tertiary/aromatic N) is 3. The van der Waals surface area contributed by atoms with Crippen LogP contribution >= 0.6 is 11.6 Å². The van der Waals surface area contributed by atoms with Gasteiger partial charge in [0, 0.05) is 35.1 Å². The van der Waals surface area contributed by atoms with E-state index in [0.29, 0.717) is 40.7 Å². The number of fused-ring (bicyclic) bond motifs is 1. The summed E-state index contributed by atoms with van der Waals surface area (Å²) in [5, 5.41) is 18.4. The number of nitrogens with one attached hydrogen (secondary N) is 1. The van der Waals surface area contributed by atoms with Gasteiger partial charge in [-0.05, 0) is 53.1 Å². The largest absolute Gasteiger partial charge is 0.507 e. The third-order valence-electron chi connectivity index (χ3n) is 6.60. The number of hydrogen-bond donors (Lipinski definition) is 2. The van der Waals surface area contributed by atoms with Crippen molar-refractivity contribution in [3.8, 4) is 22.8 Å². The lowest BCUT2D eigenvalue weighted by Gasteiger charge is -2.26. The minimum atomic E-state index is -0.451. The Labute approximate surface area is 224 Å². The van der Waals surface area contributed by atoms with E-state index in [4.69, 9.17) is 16.3 Å². The summed E-state index contributed by atoms with van der Waals surface area (Å²) in [5.74, 6) is 0.574. The molecule has 0 aliphatic carbocycles. The van der Waals surface area contributed by atoms with E-state index in [1.807, 2.05) is 66.7 Å². The SMILES string of the molecule is O=C1c2[nH]nc(-c3cc(Cl)ccc3O)c2C(c2ccc(OCc3ccccc3)cc2)N1Cc1cccnc1. The first-order valence-electron chi connectivity index (χ1n) is 12.1. The van der Waals surface area contributed by atoms with Crippen molar-refractivity contribution in [1.29, 1.82) is 0 Å². The number of rotatable bonds is 7. The van der Waals surface area contributed by atoms with Gasteiger partial charge in [0.1, 0.15) is 29.5 Å². The molecular weight excluding hydrogens is 500 g/mol. The number of carbonyl (C=O) groups excluding carboxylic acids is 1. The summed E-state index contributed by atoms with van der Waals surface area (Å²) < 4.78 is 5.97. The Kier molecular flexibility index (Phi) is 6.27. The Morgan fingerprint density at radius 2 is 1.76 bits per heavy atom. The van der Waals surface area contributed by atoms with Crippen molar-refractivity contribution in [3.63, 3.8) is 0 Å². The Morgan fingerprint density at radius 1 is 0.974 bits per heavy atom. The first-order valence-corrected chi connectivity index (χ1v) is 12.5. The molecule has 8 heteroatoms. The molecule has 1 aliphatic heterocycles. The van der Waals surface area contributed by atoms with Gasteiger partial charge in [-0.25, -0.2) is 0 Å². The number of halogens is 1. The van der Waals surface area contributed by atoms with Crippen LogP contribution in [0, 0.1) is 0 Å². The zero-order valence-electron chi connectivity index (χ0n) is 20.2. The third-order valence-corrected chi connectivity index (χ3v) is 6.83. The molecule has 2 aromatic heterocycles. The maximum atomic E-state index is 13.6. The quantitative estimate of drug-likeness (QED) is 0.267. The fraction of sp³-hybridized carbons (Fsp3) is 0.100. The first kappa shape index (κ1) is 23.8. The number of hydrogen-bond acceptors (Lipinski definition) is 5. The number of aromatic nitrogens is 3. The summed E-state index contributed by atoms with van der Waals surface area (Å²) in [5.41, 5.74) is 4.88. The first-order chi connectivity index (χ1) is 18.6. The van der Waals surface area contributed by atoms with Gasteiger partial charge in [-0.1, -0.05) is 60.1 Å². The number of carbonyl (C=O) groups is 1. The van der Waals surface area contributed by atoms with E-state index in [1.165, 1.54) is 6.07 Å². The van der Waals surface area contributed by atoms with Crippen LogP contribution in [0.3, 0.4) is 0 Å². The molecule has 0 radical (unpaired) electrons. The molecule has 188 valence electrons. The Balaban J connectivity index is 1.38. The van der Waals surface area contributed by atoms with Crippen molar-refractivity contribution in [2.24, 2.45) is 0 Å². The number of amides is 1. The fourth-order valence-corrected chi connectivity index (χ4v) is 4.96. The van der Waals surface area contributed by atoms with Crippen molar-refractivity contribution >= 4 is 17.5 Å². The van der Waals surface area contributed by atoms with E-state index in [9.17, 15) is 9.90 Å². The second kappa shape index (κ2) is 10.0. The van der Waals surface area contributed by atoms with Crippen LogP contribution in [0.1, 0.15) is 38.8 Å². The molecule has 1 aliphatic rings. The van der Waals surface area contributed by atoms with Gasteiger partial charge >= 0.3 is 0 Å². The van der Waals surface area contributed by atoms with Crippen LogP contribution in [0.15, 0.2) is 97.3 Å². The predicted molar refractivity (Wildman–Crippen MR) is 144 cm³/mol. The van der Waals surface area contributed by atoms with Crippen LogP contribution in [0.4, 0.5) is 0 Å². The van der Waals surface area contributed by atoms with Gasteiger partial charge in [0.05, 0.1) is 6.04 Å². The second-order valence-electron chi connectivity index (χ2n) is 9.06. The molecule has 0 fully saturated rings. The minimum absolute atomic E-state index is 0.0327. The Bertz CT molecular complexity index is 1590. The van der Waals surface area contributed by atoms with Crippen LogP contribution in [0.5, 0.6) is 11.5 Å². The van der Waals surface area contributed by atoms with Crippen LogP contribution in [0.2, 0.25) is 5.02 Å². The van der Waals surface area contributed by atoms with E-state index in [1.54, 1.807) is 29.4 Å². The number of pyridine rings is 1. The lowest BCUT2D eigenvalue weighted by atomic mass is 9.95. The monoisotopic (exact) mass is 522 g/mol. The van der Waals surface area contributed by atoms with Crippen molar-refractivity contribution in [3.05, 3.63) is 130 Å². The number of phenols is 1. The number of phenolic OH excluding ortho intramolecular Hbond substituents is 1. The molecule has 3 heterocycles. The lowest BCUT2D eigenvalue weighted by Crippen LogP contribution is -2.29. The Hall–Kier alpha value is -4.62. The highest BCUT2D eigenvalue weighted by molar-refractivity contribution is 6.31. The smallest absolute Gasteiger partial charge is 0.273 e. The zero-order valence-corrected chi connectivity index (χ0v) is 21.0. The molecule has 3 aromatic carbocycles. The molecule has 38 heavy (non-hydrogen) atoms. The molecule has 1 unspecified atom stereocenters. The molecule has 2 N–H and O–H groups in total. The Morgan fingerprint density at radius 3 is 2.53 bits per heavy atom. The summed E-state index contributed by atoms with van der Waals surface area (Å²) in [6.07, 6.45) is 3.45. The number of H-pyrrole nitrogens is 1. The highest BCUT2D eigenvalue weighted by Gasteiger charge is 2.42. The lowest BCUT2D eigenvalue weighted by molar-refractivity contribution is 0.0730. The minimum Gasteiger partial charge on any atom is -0.507 e. The summed E-state index contributed by atoms with van der Waals surface area (Å²) in [6, 6.07) is 25.8. The highest BCUT2D eigenvalue weighted by atomic mass is 35.5. The van der Waals surface area contributed by atoms with E-state index in [-0.39, 0.29) is 11.7 Å². The van der Waals surface area contributed by atoms with E-state index >= 15 is 0 Å². The average molecular weight is 523 g/mol. The fourth-order valence-electron chi connectivity index (χ4n) is 4.79. The molecule has 0 spiro atoms. The number of benzene rings is 3. The van der Waals surface area contributed by atoms with Gasteiger partial charge in [-0.2, -0.15) is 5.10 Å². The molecule has 1 amide bonds. The number of aromatic hydroxyl groups is 1. The topological polar surface area (TPSA) is 91.3 Å². The normalized spacial score (nSPS) is 14.5. The maximum absolute atomic E-state index is 13.6. The van der Waals surface area contributed by atoms with Crippen LogP contribution in [-0.4, -0.2) is 31.1 Å². The highest BCUT2D eigenvalue weighted by Crippen LogP contribution is 2.45. The van der Waals surface area contributed by atoms with E-state index in [2.05, 4.69) is 15.2 Å². The van der Waals surface area contributed by atoms with Gasteiger partial charge < -0.3 is 14.7 Å². The van der Waals surface area contributed by atoms with Crippen LogP contribution in [-0.2, 0) is 13.2 Å². The molecule has 0 saturated heterocycles. The van der Waals surface area contributed by atoms with Gasteiger partial charge in [-0.15, -0.1) is 0 Å². The third kappa shape index (κ3) is 4.48. The van der Waals surface area contributed by atoms with Gasteiger partial charge in [0.25, 0.3) is 5.91 Å². The van der Waals surface area contributed by atoms with Crippen molar-refractivity contribution < 1.29 is 14.6 Å². The van der Waals surface area contributed by atoms with Crippen LogP contribution < -0.4 is 4.74 Å². The summed E-state index contributed by atoms with van der Waals surface area (Å²) in [4.78, 5) is 19.6. The van der Waals surface area contributed by atoms with Crippen molar-refractivity contribution in [2.75, 3.05) is 0 Å². The number of ether oxygens (including phenoxy) is 1. The molecule has 1 atom stereocenters. The second-order valence-corrected chi connectivity index (χ2v) is 9.50. The average Bonchev–Trinajstić information content (AvgIpc) is 3.49. The molecule has 5 aromatic rings. The van der Waals surface area contributed by atoms with Gasteiger partial charge in [-0.3, -0.25) is 14.9 Å². The standard InChI is InChI=1S/C30H23ClN4O3/c31-22-10-13-25(36)24(15-22)27-26-28(34-33-27)30(37)35(17-20-7-4-14-32-16-20)29(26)21-8-11-23(12-9-21)38-18-19-5-2-1-3-6-19/h1-16,29,36H,17-18H2,(H,33,34). The van der Waals surface area contributed by atoms with E-state index in [0.717, 1.165) is 22.4 Å². The number of aromatic amines is 1. The maximum Gasteiger partial charge on any atom is 0.273 e. The molecule has 0 saturated carbocycles. The molecule has 7 nitrogen and oxygen atoms in total. The zero-order chi connectivity index (χ0) is 26.1. The van der Waals surface area contributed by atoms with Gasteiger partial charge in [0.15, 0.2) is 0 Å². The van der Waals surface area contributed by atoms with Gasteiger partial charge in [0.2, 0.25) is 0 Å². The van der Waals surface area contributed by atoms with Crippen molar-refractivity contribution in [1.82, 2.24) is 20.1 Å². The van der Waals surface area contributed by atoms with E-state index < -0.39 is 6.04 Å². The summed E-state index contributed by atoms with van der Waals surface area (Å²) in [7, 11) is 0. The molecule has 0 bridgehead atoms. The predicted octanol–water partition coefficient (Wildman–Crippen LogP) is 6.16. The molecule has 6 rings (SSSR count). The summed E-state index contributed by atoms with van der Waals surface area (Å²) >= 11 is 6.25. The molecular formula is C30H23ClN4O3.